The molecule has 5 nitrogen and oxygen atoms in total. The Hall–Kier alpha value is -2.24. The lowest BCUT2D eigenvalue weighted by Gasteiger charge is -1.99. The Labute approximate surface area is 96.9 Å². The number of aromatic nitrogens is 3. The number of aryl methyl sites for hydroxylation is 1. The van der Waals surface area contributed by atoms with E-state index in [0.717, 1.165) is 12.4 Å². The van der Waals surface area contributed by atoms with Crippen molar-refractivity contribution in [2.24, 2.45) is 7.05 Å². The second kappa shape index (κ2) is 4.32. The van der Waals surface area contributed by atoms with Crippen LogP contribution < -0.4 is 0 Å². The van der Waals surface area contributed by atoms with Gasteiger partial charge in [0.25, 0.3) is 0 Å². The molecule has 0 aliphatic carbocycles. The Morgan fingerprint density at radius 3 is 2.65 bits per heavy atom. The number of rotatable bonds is 2. The highest BCUT2D eigenvalue weighted by molar-refractivity contribution is 5.90. The van der Waals surface area contributed by atoms with Gasteiger partial charge >= 0.3 is 5.97 Å². The zero-order chi connectivity index (χ0) is 12.4. The fourth-order valence-electron chi connectivity index (χ4n) is 1.46. The molecule has 0 spiro atoms. The molecule has 2 heterocycles. The van der Waals surface area contributed by atoms with Crippen LogP contribution in [0.5, 0.6) is 0 Å². The number of methoxy groups -OCH3 is 1. The van der Waals surface area contributed by atoms with E-state index < -0.39 is 11.8 Å². The predicted octanol–water partition coefficient (Wildman–Crippen LogP) is 1.41. The van der Waals surface area contributed by atoms with Crippen molar-refractivity contribution in [1.29, 1.82) is 0 Å². The van der Waals surface area contributed by atoms with Gasteiger partial charge in [0.2, 0.25) is 0 Å². The maximum absolute atomic E-state index is 12.7. The fourth-order valence-corrected chi connectivity index (χ4v) is 1.46. The van der Waals surface area contributed by atoms with E-state index in [2.05, 4.69) is 14.7 Å². The number of halogens is 1. The first-order valence-corrected chi connectivity index (χ1v) is 4.84. The highest BCUT2D eigenvalue weighted by Gasteiger charge is 2.13. The zero-order valence-electron chi connectivity index (χ0n) is 9.35. The Kier molecular flexibility index (Phi) is 2.86. The van der Waals surface area contributed by atoms with Gasteiger partial charge in [0.15, 0.2) is 11.6 Å². The molecule has 2 aromatic heterocycles. The number of esters is 1. The van der Waals surface area contributed by atoms with Crippen LogP contribution in [0.2, 0.25) is 0 Å². The minimum atomic E-state index is -0.504. The van der Waals surface area contributed by atoms with Gasteiger partial charge in [0.1, 0.15) is 0 Å². The van der Waals surface area contributed by atoms with Crippen LogP contribution in [0.1, 0.15) is 10.4 Å². The van der Waals surface area contributed by atoms with E-state index in [1.165, 1.54) is 7.11 Å². The molecule has 0 saturated heterocycles. The van der Waals surface area contributed by atoms with Crippen molar-refractivity contribution in [2.75, 3.05) is 7.11 Å². The lowest BCUT2D eigenvalue weighted by molar-refractivity contribution is 0.0600. The van der Waals surface area contributed by atoms with Crippen LogP contribution in [0.15, 0.2) is 24.7 Å². The summed E-state index contributed by atoms with van der Waals surface area (Å²) in [7, 11) is 3.05. The number of carbonyl (C=O) groups is 1. The lowest BCUT2D eigenvalue weighted by atomic mass is 10.3. The van der Waals surface area contributed by atoms with E-state index in [9.17, 15) is 9.18 Å². The minimum absolute atomic E-state index is 0.351. The maximum atomic E-state index is 12.7. The van der Waals surface area contributed by atoms with Crippen molar-refractivity contribution in [3.63, 3.8) is 0 Å². The van der Waals surface area contributed by atoms with E-state index in [-0.39, 0.29) is 0 Å². The maximum Gasteiger partial charge on any atom is 0.339 e. The third-order valence-electron chi connectivity index (χ3n) is 2.28. The molecule has 88 valence electrons. The zero-order valence-corrected chi connectivity index (χ0v) is 9.35. The summed E-state index contributed by atoms with van der Waals surface area (Å²) in [6.45, 7) is 0. The second-order valence-corrected chi connectivity index (χ2v) is 3.44. The van der Waals surface area contributed by atoms with Crippen LogP contribution in [0.25, 0.3) is 11.5 Å². The molecule has 0 saturated carbocycles. The summed E-state index contributed by atoms with van der Waals surface area (Å²) < 4.78 is 19.0. The van der Waals surface area contributed by atoms with Crippen LogP contribution in [0.4, 0.5) is 4.39 Å². The summed E-state index contributed by atoms with van der Waals surface area (Å²) in [4.78, 5) is 19.0. The Morgan fingerprint density at radius 2 is 2.06 bits per heavy atom. The van der Waals surface area contributed by atoms with Gasteiger partial charge in [-0.1, -0.05) is 0 Å². The highest BCUT2D eigenvalue weighted by atomic mass is 19.1. The first-order valence-electron chi connectivity index (χ1n) is 4.84. The lowest BCUT2D eigenvalue weighted by Crippen LogP contribution is -1.98. The molecule has 0 radical (unpaired) electrons. The van der Waals surface area contributed by atoms with Gasteiger partial charge < -0.3 is 9.30 Å². The number of ether oxygens (including phenoxy) is 1. The van der Waals surface area contributed by atoms with Crippen LogP contribution >= 0.6 is 0 Å². The molecular weight excluding hydrogens is 225 g/mol. The summed E-state index contributed by atoms with van der Waals surface area (Å²) in [6, 6.07) is 1.60. The van der Waals surface area contributed by atoms with Crippen molar-refractivity contribution < 1.29 is 13.9 Å². The van der Waals surface area contributed by atoms with Crippen LogP contribution in [0.3, 0.4) is 0 Å². The SMILES string of the molecule is COC(=O)c1cc(-c2ncc(F)cn2)n(C)c1. The van der Waals surface area contributed by atoms with Gasteiger partial charge in [-0.25, -0.2) is 19.2 Å². The molecule has 0 fully saturated rings. The summed E-state index contributed by atoms with van der Waals surface area (Å²) in [5.41, 5.74) is 1.02. The van der Waals surface area contributed by atoms with Crippen molar-refractivity contribution in [2.45, 2.75) is 0 Å². The smallest absolute Gasteiger partial charge is 0.339 e. The monoisotopic (exact) mass is 235 g/mol. The van der Waals surface area contributed by atoms with Crippen molar-refractivity contribution in [1.82, 2.24) is 14.5 Å². The van der Waals surface area contributed by atoms with E-state index in [4.69, 9.17) is 0 Å². The van der Waals surface area contributed by atoms with Gasteiger partial charge in [0, 0.05) is 13.2 Å². The first-order chi connectivity index (χ1) is 8.11. The van der Waals surface area contributed by atoms with E-state index >= 15 is 0 Å². The summed E-state index contributed by atoms with van der Waals surface area (Å²) in [5, 5.41) is 0. The Morgan fingerprint density at radius 1 is 1.41 bits per heavy atom. The van der Waals surface area contributed by atoms with Crippen molar-refractivity contribution in [3.05, 3.63) is 36.0 Å². The molecule has 0 unspecified atom stereocenters. The number of hydrogen-bond acceptors (Lipinski definition) is 4. The average molecular weight is 235 g/mol. The molecule has 17 heavy (non-hydrogen) atoms. The van der Waals surface area contributed by atoms with Gasteiger partial charge in [-0.3, -0.25) is 0 Å². The third kappa shape index (κ3) is 2.15. The summed E-state index contributed by atoms with van der Waals surface area (Å²) in [5.74, 6) is -0.589. The van der Waals surface area contributed by atoms with E-state index in [1.54, 1.807) is 23.9 Å². The largest absolute Gasteiger partial charge is 0.465 e. The summed E-state index contributed by atoms with van der Waals surface area (Å²) >= 11 is 0. The first kappa shape index (κ1) is 11.3. The number of hydrogen-bond donors (Lipinski definition) is 0. The average Bonchev–Trinajstić information content (AvgIpc) is 2.71. The fraction of sp³-hybridized carbons (Fsp3) is 0.182. The Bertz CT molecular complexity index is 548. The molecule has 0 aromatic carbocycles. The van der Waals surface area contributed by atoms with E-state index in [1.807, 2.05) is 0 Å². The Balaban J connectivity index is 2.42. The van der Waals surface area contributed by atoms with Gasteiger partial charge in [-0.2, -0.15) is 0 Å². The molecule has 0 amide bonds. The molecule has 0 N–H and O–H groups in total. The van der Waals surface area contributed by atoms with Crippen molar-refractivity contribution in [3.8, 4) is 11.5 Å². The molecule has 6 heteroatoms. The molecule has 0 aliphatic rings. The van der Waals surface area contributed by atoms with Crippen molar-refractivity contribution >= 4 is 5.97 Å². The topological polar surface area (TPSA) is 57.0 Å². The van der Waals surface area contributed by atoms with E-state index in [0.29, 0.717) is 17.1 Å². The number of nitrogens with zero attached hydrogens (tertiary/aromatic N) is 3. The molecular formula is C11H10FN3O2. The normalized spacial score (nSPS) is 10.3. The van der Waals surface area contributed by atoms with Crippen LogP contribution in [-0.2, 0) is 11.8 Å². The summed E-state index contributed by atoms with van der Waals surface area (Å²) in [6.07, 6.45) is 3.76. The van der Waals surface area contributed by atoms with Gasteiger partial charge in [-0.05, 0) is 6.07 Å². The van der Waals surface area contributed by atoms with Gasteiger partial charge in [-0.15, -0.1) is 0 Å². The van der Waals surface area contributed by atoms with Crippen LogP contribution in [-0.4, -0.2) is 27.6 Å². The molecule has 2 rings (SSSR count). The highest BCUT2D eigenvalue weighted by Crippen LogP contribution is 2.18. The number of carbonyl (C=O) groups excluding carboxylic acids is 1. The van der Waals surface area contributed by atoms with Crippen LogP contribution in [0, 0.1) is 5.82 Å². The quantitative estimate of drug-likeness (QED) is 0.738. The molecule has 0 bridgehead atoms. The molecule has 0 aliphatic heterocycles. The molecule has 0 atom stereocenters. The minimum Gasteiger partial charge on any atom is -0.465 e. The second-order valence-electron chi connectivity index (χ2n) is 3.44. The standard InChI is InChI=1S/C11H10FN3O2/c1-15-6-7(11(16)17-2)3-9(15)10-13-4-8(12)5-14-10/h3-6H,1-2H3. The molecule has 2 aromatic rings. The van der Waals surface area contributed by atoms with Gasteiger partial charge in [0.05, 0.1) is 30.8 Å². The third-order valence-corrected chi connectivity index (χ3v) is 2.28. The predicted molar refractivity (Wildman–Crippen MR) is 57.7 cm³/mol.